The molecular formula is C26H22FN3O2S. The lowest BCUT2D eigenvalue weighted by Crippen LogP contribution is -2.49. The summed E-state index contributed by atoms with van der Waals surface area (Å²) in [5.41, 5.74) is 4.43. The maximum Gasteiger partial charge on any atom is 0.309 e. The maximum atomic E-state index is 15.0. The first-order chi connectivity index (χ1) is 16.0. The summed E-state index contributed by atoms with van der Waals surface area (Å²) in [5.74, 6) is -1.40. The van der Waals surface area contributed by atoms with Crippen LogP contribution in [0, 0.1) is 11.7 Å². The second kappa shape index (κ2) is 7.71. The number of aliphatic carboxylic acids is 1. The number of fused-ring (bicyclic) bond motifs is 1. The number of pyridine rings is 1. The Morgan fingerprint density at radius 3 is 2.58 bits per heavy atom. The maximum absolute atomic E-state index is 15.0. The van der Waals surface area contributed by atoms with E-state index < -0.39 is 5.97 Å². The number of aromatic nitrogens is 2. The van der Waals surface area contributed by atoms with Gasteiger partial charge in [0.2, 0.25) is 0 Å². The lowest BCUT2D eigenvalue weighted by molar-refractivity contribution is -0.147. The van der Waals surface area contributed by atoms with E-state index in [-0.39, 0.29) is 17.2 Å². The van der Waals surface area contributed by atoms with Crippen molar-refractivity contribution >= 4 is 27.7 Å². The first kappa shape index (κ1) is 20.4. The minimum Gasteiger partial charge on any atom is -0.481 e. The van der Waals surface area contributed by atoms with E-state index in [1.54, 1.807) is 6.07 Å². The van der Waals surface area contributed by atoms with Gasteiger partial charge >= 0.3 is 5.97 Å². The number of benzene rings is 2. The Balaban J connectivity index is 1.25. The van der Waals surface area contributed by atoms with E-state index in [1.807, 2.05) is 23.1 Å². The number of carboxylic acids is 1. The molecule has 5 nitrogen and oxygen atoms in total. The average Bonchev–Trinajstić information content (AvgIpc) is 3.49. The number of thiazole rings is 1. The molecule has 0 atom stereocenters. The van der Waals surface area contributed by atoms with Gasteiger partial charge in [-0.25, -0.2) is 14.4 Å². The van der Waals surface area contributed by atoms with Crippen molar-refractivity contribution < 1.29 is 14.3 Å². The fourth-order valence-electron chi connectivity index (χ4n) is 4.72. The predicted octanol–water partition coefficient (Wildman–Crippen LogP) is 5.09. The summed E-state index contributed by atoms with van der Waals surface area (Å²) >= 11 is 1.42. The van der Waals surface area contributed by atoms with Crippen LogP contribution >= 0.6 is 11.3 Å². The standard InChI is InChI=1S/C26H22FN3O2S/c27-20-12-16(13-30-14-17(15-30)25(31)32)6-7-19(20)23-28-21-8-9-22(29-24(21)33-23)26(10-11-26)18-4-2-1-3-5-18/h1-9,12,17H,10-11,13-15H2,(H,31,32). The normalized spacial score (nSPS) is 17.7. The highest BCUT2D eigenvalue weighted by Gasteiger charge is 2.47. The third-order valence-electron chi connectivity index (χ3n) is 6.80. The van der Waals surface area contributed by atoms with Crippen LogP contribution in [0.15, 0.2) is 60.7 Å². The summed E-state index contributed by atoms with van der Waals surface area (Å²) < 4.78 is 15.0. The summed E-state index contributed by atoms with van der Waals surface area (Å²) in [6.45, 7) is 1.57. The van der Waals surface area contributed by atoms with Crippen molar-refractivity contribution in [3.05, 3.63) is 83.3 Å². The Hall–Kier alpha value is -3.16. The summed E-state index contributed by atoms with van der Waals surface area (Å²) in [4.78, 5) is 23.4. The molecule has 0 bridgehead atoms. The number of hydrogen-bond donors (Lipinski definition) is 1. The van der Waals surface area contributed by atoms with Crippen LogP contribution in [0.3, 0.4) is 0 Å². The molecule has 0 unspecified atom stereocenters. The Kier molecular flexibility index (Phi) is 4.78. The lowest BCUT2D eigenvalue weighted by Gasteiger charge is -2.36. The van der Waals surface area contributed by atoms with Gasteiger partial charge in [0.25, 0.3) is 0 Å². The van der Waals surface area contributed by atoms with Crippen LogP contribution in [-0.2, 0) is 16.8 Å². The lowest BCUT2D eigenvalue weighted by atomic mass is 9.92. The summed E-state index contributed by atoms with van der Waals surface area (Å²) in [7, 11) is 0. The molecule has 7 heteroatoms. The van der Waals surface area contributed by atoms with Gasteiger partial charge in [0, 0.05) is 30.6 Å². The van der Waals surface area contributed by atoms with Crippen molar-refractivity contribution in [1.29, 1.82) is 0 Å². The molecule has 1 saturated carbocycles. The first-order valence-electron chi connectivity index (χ1n) is 11.1. The molecule has 1 saturated heterocycles. The van der Waals surface area contributed by atoms with E-state index in [4.69, 9.17) is 10.1 Å². The number of rotatable bonds is 6. The molecular weight excluding hydrogens is 437 g/mol. The molecule has 33 heavy (non-hydrogen) atoms. The third-order valence-corrected chi connectivity index (χ3v) is 7.80. The van der Waals surface area contributed by atoms with Gasteiger partial charge in [-0.15, -0.1) is 0 Å². The van der Waals surface area contributed by atoms with Crippen LogP contribution < -0.4 is 0 Å². The fraction of sp³-hybridized carbons (Fsp3) is 0.269. The Morgan fingerprint density at radius 2 is 1.88 bits per heavy atom. The van der Waals surface area contributed by atoms with Gasteiger partial charge in [-0.3, -0.25) is 9.69 Å². The van der Waals surface area contributed by atoms with Gasteiger partial charge in [0.15, 0.2) is 0 Å². The Bertz CT molecular complexity index is 1360. The molecule has 0 spiro atoms. The topological polar surface area (TPSA) is 66.3 Å². The van der Waals surface area contributed by atoms with Gasteiger partial charge in [-0.05, 0) is 48.2 Å². The highest BCUT2D eigenvalue weighted by molar-refractivity contribution is 7.21. The van der Waals surface area contributed by atoms with Gasteiger partial charge in [0.05, 0.1) is 11.6 Å². The van der Waals surface area contributed by atoms with Crippen LogP contribution in [0.2, 0.25) is 0 Å². The van der Waals surface area contributed by atoms with E-state index in [2.05, 4.69) is 35.3 Å². The monoisotopic (exact) mass is 459 g/mol. The summed E-state index contributed by atoms with van der Waals surface area (Å²) in [5, 5.41) is 9.63. The Morgan fingerprint density at radius 1 is 1.09 bits per heavy atom. The zero-order valence-corrected chi connectivity index (χ0v) is 18.7. The number of hydrogen-bond acceptors (Lipinski definition) is 5. The molecule has 0 amide bonds. The predicted molar refractivity (Wildman–Crippen MR) is 126 cm³/mol. The van der Waals surface area contributed by atoms with Crippen LogP contribution in [0.25, 0.3) is 20.9 Å². The smallest absolute Gasteiger partial charge is 0.309 e. The zero-order valence-electron chi connectivity index (χ0n) is 17.9. The number of likely N-dealkylation sites (tertiary alicyclic amines) is 1. The van der Waals surface area contributed by atoms with Crippen LogP contribution in [0.1, 0.15) is 29.7 Å². The number of carbonyl (C=O) groups is 1. The molecule has 1 aliphatic carbocycles. The van der Waals surface area contributed by atoms with E-state index in [1.165, 1.54) is 23.0 Å². The van der Waals surface area contributed by atoms with Crippen molar-refractivity contribution in [3.63, 3.8) is 0 Å². The number of halogens is 1. The highest BCUT2D eigenvalue weighted by atomic mass is 32.1. The third kappa shape index (κ3) is 3.61. The van der Waals surface area contributed by atoms with Crippen molar-refractivity contribution in [2.45, 2.75) is 24.8 Å². The van der Waals surface area contributed by atoms with E-state index in [9.17, 15) is 9.18 Å². The molecule has 166 valence electrons. The molecule has 2 aliphatic rings. The van der Waals surface area contributed by atoms with Gasteiger partial charge in [-0.1, -0.05) is 47.7 Å². The van der Waals surface area contributed by atoms with Crippen LogP contribution in [0.5, 0.6) is 0 Å². The number of carboxylic acid groups (broad SMARTS) is 1. The van der Waals surface area contributed by atoms with Crippen molar-refractivity contribution in [3.8, 4) is 10.6 Å². The SMILES string of the molecule is O=C(O)C1CN(Cc2ccc(-c3nc4ccc(C5(c6ccccc6)CC5)nc4s3)c(F)c2)C1. The molecule has 3 heterocycles. The minimum absolute atomic E-state index is 0.0109. The largest absolute Gasteiger partial charge is 0.481 e. The van der Waals surface area contributed by atoms with Gasteiger partial charge in [-0.2, -0.15) is 0 Å². The van der Waals surface area contributed by atoms with E-state index in [0.29, 0.717) is 30.2 Å². The zero-order chi connectivity index (χ0) is 22.6. The summed E-state index contributed by atoms with van der Waals surface area (Å²) in [6, 6.07) is 19.7. The average molecular weight is 460 g/mol. The molecule has 1 N–H and O–H groups in total. The van der Waals surface area contributed by atoms with Crippen LogP contribution in [-0.4, -0.2) is 39.0 Å². The molecule has 1 aliphatic heterocycles. The quantitative estimate of drug-likeness (QED) is 0.435. The minimum atomic E-state index is -0.767. The number of nitrogens with zero attached hydrogens (tertiary/aromatic N) is 3. The van der Waals surface area contributed by atoms with Crippen molar-refractivity contribution in [2.24, 2.45) is 5.92 Å². The van der Waals surface area contributed by atoms with Crippen LogP contribution in [0.4, 0.5) is 4.39 Å². The van der Waals surface area contributed by atoms with E-state index in [0.717, 1.165) is 34.4 Å². The van der Waals surface area contributed by atoms with Gasteiger partial charge < -0.3 is 5.11 Å². The first-order valence-corrected chi connectivity index (χ1v) is 11.9. The molecule has 0 radical (unpaired) electrons. The highest BCUT2D eigenvalue weighted by Crippen LogP contribution is 2.53. The fourth-order valence-corrected chi connectivity index (χ4v) is 5.68. The molecule has 6 rings (SSSR count). The second-order valence-corrected chi connectivity index (χ2v) is 10.0. The van der Waals surface area contributed by atoms with Crippen molar-refractivity contribution in [1.82, 2.24) is 14.9 Å². The molecule has 4 aromatic rings. The van der Waals surface area contributed by atoms with E-state index >= 15 is 0 Å². The van der Waals surface area contributed by atoms with Crippen molar-refractivity contribution in [2.75, 3.05) is 13.1 Å². The Labute approximate surface area is 194 Å². The summed E-state index contributed by atoms with van der Waals surface area (Å²) in [6.07, 6.45) is 2.17. The molecule has 2 aromatic heterocycles. The molecule has 2 aromatic carbocycles. The van der Waals surface area contributed by atoms with Gasteiger partial charge in [0.1, 0.15) is 21.2 Å². The second-order valence-electron chi connectivity index (χ2n) is 9.03. The molecule has 2 fully saturated rings.